The van der Waals surface area contributed by atoms with Crippen molar-refractivity contribution in [3.63, 3.8) is 0 Å². The molecule has 46 heteroatoms. The number of aryl methyl sites for hydroxylation is 2. The lowest BCUT2D eigenvalue weighted by atomic mass is 10.0. The normalized spacial score (nSPS) is 8.86. The first-order valence-electron chi connectivity index (χ1n) is 17.8. The van der Waals surface area contributed by atoms with Crippen LogP contribution in [0.25, 0.3) is 22.3 Å². The second-order valence-corrected chi connectivity index (χ2v) is 82.1. The van der Waals surface area contributed by atoms with Gasteiger partial charge in [0.15, 0.2) is 0 Å². The second-order valence-electron chi connectivity index (χ2n) is 10.4. The minimum Gasteiger partial charge on any atom is -0.262 e. The van der Waals surface area contributed by atoms with Gasteiger partial charge in [0.2, 0.25) is 0 Å². The molecule has 0 aliphatic rings. The topological polar surface area (TPSA) is 25.8 Å². The van der Waals surface area contributed by atoms with Crippen molar-refractivity contribution in [3.05, 3.63) is 107 Å². The molecule has 0 amide bonds. The van der Waals surface area contributed by atoms with Crippen molar-refractivity contribution < 1.29 is 0 Å². The zero-order chi connectivity index (χ0) is 53.0. The number of pyridine rings is 2. The number of hydrogen-bond acceptors (Lipinski definition) is 4. The van der Waals surface area contributed by atoms with Crippen molar-refractivity contribution in [3.8, 4) is 22.3 Å². The van der Waals surface area contributed by atoms with Gasteiger partial charge in [0, 0.05) is 411 Å². The summed E-state index contributed by atoms with van der Waals surface area (Å²) in [6.07, 6.45) is 8.51. The van der Waals surface area contributed by atoms with E-state index in [1.165, 1.54) is 65.0 Å². The van der Waals surface area contributed by atoms with Gasteiger partial charge in [-0.25, -0.2) is 0 Å². The molecule has 0 fully saturated rings. The molecule has 0 saturated heterocycles. The Labute approximate surface area is 566 Å². The molecule has 0 aliphatic carbocycles. The number of unbranched alkanes of at least 4 members (excludes halogenated alkanes) is 2. The third-order valence-corrected chi connectivity index (χ3v) is 93.4. The summed E-state index contributed by atoms with van der Waals surface area (Å²) in [5.41, 5.74) is 6.95. The third-order valence-electron chi connectivity index (χ3n) is 6.19. The van der Waals surface area contributed by atoms with Crippen LogP contribution in [0.4, 0.5) is 0 Å². The van der Waals surface area contributed by atoms with E-state index in [0.29, 0.717) is 0 Å². The molecule has 416 valence electrons. The standard InChI is InChI=1S/C16H18ClN.C12H10ClN.S42/c1-2-3-4-5-16-12-14(10-11-18-16)13-6-8-15(17)9-7-13;1-9-8-11(6-7-14-9)10-2-4-12(13)5-3-10;1-3-5-7-9-11-13-15-17-19-21-23-25-27-29-31-33-35-37-39-41-42-40-38-36-34-32-30-28-26-24-22-20-18-16-14-12-10-8-6-4-2/h6-12H,2-5H2,1H3;2-8H,1H3;. The number of halogens is 2. The molecular formula is C28H28Cl2N2S42. The van der Waals surface area contributed by atoms with Crippen LogP contribution in [0.5, 0.6) is 0 Å². The highest BCUT2D eigenvalue weighted by Gasteiger charge is 2.01. The molecule has 0 unspecified atom stereocenters. The Kier molecular flexibility index (Phi) is 62.0. The summed E-state index contributed by atoms with van der Waals surface area (Å²) in [7, 11) is 71.1. The lowest BCUT2D eigenvalue weighted by molar-refractivity contribution is 0.707. The highest BCUT2D eigenvalue weighted by atomic mass is 35.5. The van der Waals surface area contributed by atoms with E-state index >= 15 is 0 Å². The molecule has 74 heavy (non-hydrogen) atoms. The van der Waals surface area contributed by atoms with E-state index in [1.807, 2.05) is 311 Å². The van der Waals surface area contributed by atoms with Crippen molar-refractivity contribution in [2.75, 3.05) is 0 Å². The van der Waals surface area contributed by atoms with E-state index in [-0.39, 0.29) is 0 Å². The number of rotatable bonds is 6. The van der Waals surface area contributed by atoms with E-state index in [9.17, 15) is 0 Å². The van der Waals surface area contributed by atoms with Crippen LogP contribution >= 0.6 is 23.2 Å². The predicted octanol–water partition coefficient (Wildman–Crippen LogP) is 8.74. The van der Waals surface area contributed by atoms with Crippen LogP contribution in [0.2, 0.25) is 10.0 Å². The summed E-state index contributed by atoms with van der Waals surface area (Å²) >= 11 is 21.3. The highest BCUT2D eigenvalue weighted by molar-refractivity contribution is 8.81. The fourth-order valence-electron chi connectivity index (χ4n) is 3.79. The third kappa shape index (κ3) is 48.6. The van der Waals surface area contributed by atoms with Crippen LogP contribution in [-0.4, -0.2) is 9.97 Å². The average molecular weight is 1810 g/mol. The smallest absolute Gasteiger partial charge is 0.0409 e. The van der Waals surface area contributed by atoms with Gasteiger partial charge in [0.25, 0.3) is 0 Å². The average Bonchev–Trinajstić information content (AvgIpc) is 3.41. The van der Waals surface area contributed by atoms with Gasteiger partial charge in [0.1, 0.15) is 0 Å². The Morgan fingerprint density at radius 1 is 0.338 bits per heavy atom. The van der Waals surface area contributed by atoms with E-state index in [0.717, 1.165) is 22.2 Å². The molecule has 2 nitrogen and oxygen atoms in total. The van der Waals surface area contributed by atoms with Crippen LogP contribution in [-0.2, 0) is 384 Å². The molecule has 2 heterocycles. The Hall–Kier alpha value is 6.56. The Morgan fingerprint density at radius 2 is 0.608 bits per heavy atom. The quantitative estimate of drug-likeness (QED) is 0.181. The summed E-state index contributed by atoms with van der Waals surface area (Å²) in [5.74, 6) is 0. The number of nitrogens with zero attached hydrogens (tertiary/aromatic N) is 2. The Balaban J connectivity index is 0.000000468. The second kappa shape index (κ2) is 59.9. The molecule has 4 aromatic rings. The zero-order valence-corrected chi connectivity index (χ0v) is 71.5. The Morgan fingerprint density at radius 3 is 0.878 bits per heavy atom. The summed E-state index contributed by atoms with van der Waals surface area (Å²) in [5, 5.41) is 1.54. The van der Waals surface area contributed by atoms with Crippen LogP contribution in [0.1, 0.15) is 37.6 Å². The maximum Gasteiger partial charge on any atom is 0.0409 e. The monoisotopic (exact) mass is 1800 g/mol. The number of benzene rings is 2. The lowest BCUT2D eigenvalue weighted by Gasteiger charge is -2.05. The maximum atomic E-state index is 5.90. The fourth-order valence-corrected chi connectivity index (χ4v) is 108. The summed E-state index contributed by atoms with van der Waals surface area (Å²) in [6, 6.07) is 24.0. The van der Waals surface area contributed by atoms with Crippen molar-refractivity contribution in [2.24, 2.45) is 0 Å². The molecular weight excluding hydrogens is 1780 g/mol. The van der Waals surface area contributed by atoms with E-state index < -0.39 is 0 Å². The first kappa shape index (κ1) is 76.7. The van der Waals surface area contributed by atoms with Gasteiger partial charge in [-0.05, 0) is 90.6 Å². The molecule has 0 radical (unpaired) electrons. The molecule has 0 aliphatic heterocycles. The van der Waals surface area contributed by atoms with Gasteiger partial charge >= 0.3 is 0 Å². The van der Waals surface area contributed by atoms with Crippen LogP contribution < -0.4 is 0 Å². The zero-order valence-electron chi connectivity index (χ0n) is 35.7. The molecule has 0 atom stereocenters. The minimum absolute atomic E-state index is 0.763. The first-order chi connectivity index (χ1) is 36.5. The maximum absolute atomic E-state index is 5.90. The molecule has 4 rings (SSSR count). The summed E-state index contributed by atoms with van der Waals surface area (Å²) in [4.78, 5) is 8.59. The van der Waals surface area contributed by atoms with E-state index in [4.69, 9.17) is 45.6 Å². The minimum atomic E-state index is 0.763. The molecule has 0 saturated carbocycles. The largest absolute Gasteiger partial charge is 0.262 e. The van der Waals surface area contributed by atoms with Gasteiger partial charge < -0.3 is 0 Å². The number of aromatic nitrogens is 2. The first-order valence-corrected chi connectivity index (χ1v) is 73.2. The molecule has 2 aromatic carbocycles. The van der Waals surface area contributed by atoms with Crippen molar-refractivity contribution >= 4 is 401 Å². The fraction of sp³-hybridized carbons (Fsp3) is 0.214. The van der Waals surface area contributed by atoms with Gasteiger partial charge in [-0.3, -0.25) is 9.97 Å². The molecule has 0 bridgehead atoms. The van der Waals surface area contributed by atoms with Crippen molar-refractivity contribution in [1.82, 2.24) is 9.97 Å². The number of hydrogen-bond donors (Lipinski definition) is 0. The highest BCUT2D eigenvalue weighted by Crippen LogP contribution is 2.23. The summed E-state index contributed by atoms with van der Waals surface area (Å²) < 4.78 is 0. The van der Waals surface area contributed by atoms with Crippen LogP contribution in [0.15, 0.2) is 85.2 Å². The van der Waals surface area contributed by atoms with Crippen LogP contribution in [0.3, 0.4) is 0 Å². The lowest BCUT2D eigenvalue weighted by Crippen LogP contribution is -1.90. The van der Waals surface area contributed by atoms with E-state index in [2.05, 4.69) is 29.0 Å². The SMILES string of the molecule is CCCCCc1cc(-c2ccc(Cl)cc2)ccn1.Cc1cc(-c2ccc(Cl)cc2)ccn1.S=S=S=S=S=S=S=S=S=S=S=S=S=S=S=S=S=S=S=S=S=S=S=S=S=S=S=S=S=S=S=S=S=S=S=S=S=S=S=S=S=S. The predicted molar refractivity (Wildman–Crippen MR) is 447 cm³/mol. The van der Waals surface area contributed by atoms with E-state index in [1.54, 1.807) is 107 Å². The van der Waals surface area contributed by atoms with Gasteiger partial charge in [0.05, 0.1) is 0 Å². The van der Waals surface area contributed by atoms with Gasteiger partial charge in [-0.2, -0.15) is 0 Å². The summed E-state index contributed by atoms with van der Waals surface area (Å²) in [6.45, 7) is 4.21. The Bertz CT molecular complexity index is 4260. The van der Waals surface area contributed by atoms with Crippen LogP contribution in [0, 0.1) is 6.92 Å². The van der Waals surface area contributed by atoms with Crippen molar-refractivity contribution in [1.29, 1.82) is 0 Å². The van der Waals surface area contributed by atoms with Gasteiger partial charge in [-0.1, -0.05) is 67.2 Å². The molecule has 0 spiro atoms. The molecule has 0 N–H and O–H groups in total. The van der Waals surface area contributed by atoms with Gasteiger partial charge in [-0.15, -0.1) is 0 Å². The van der Waals surface area contributed by atoms with Crippen molar-refractivity contribution in [2.45, 2.75) is 39.5 Å². The molecule has 2 aromatic heterocycles.